The molecule has 0 aromatic carbocycles. The molecule has 1 unspecified atom stereocenters. The molecule has 0 aromatic rings. The van der Waals surface area contributed by atoms with Gasteiger partial charge in [0.25, 0.3) is 0 Å². The van der Waals surface area contributed by atoms with Gasteiger partial charge in [-0.3, -0.25) is 4.90 Å². The minimum atomic E-state index is -2.86. The molecule has 0 bridgehead atoms. The molecule has 8 heteroatoms. The Balaban J connectivity index is 2.29. The number of sulfone groups is 1. The molecule has 20 heavy (non-hydrogen) atoms. The van der Waals surface area contributed by atoms with Crippen molar-refractivity contribution >= 4 is 15.7 Å². The summed E-state index contributed by atoms with van der Waals surface area (Å²) in [6, 6.07) is -0.0670. The van der Waals surface area contributed by atoms with Gasteiger partial charge in [-0.25, -0.2) is 8.42 Å². The van der Waals surface area contributed by atoms with Crippen LogP contribution >= 0.6 is 0 Å². The highest BCUT2D eigenvalue weighted by Gasteiger charge is 2.23. The second kappa shape index (κ2) is 7.80. The predicted octanol–water partition coefficient (Wildman–Crippen LogP) is -0.436. The molecule has 1 rings (SSSR count). The summed E-state index contributed by atoms with van der Waals surface area (Å²) >= 11 is 0. The Labute approximate surface area is 121 Å². The van der Waals surface area contributed by atoms with Gasteiger partial charge >= 0.3 is 0 Å². The highest BCUT2D eigenvalue weighted by molar-refractivity contribution is 7.91. The molecule has 3 N–H and O–H groups in total. The second-order valence-electron chi connectivity index (χ2n) is 5.17. The van der Waals surface area contributed by atoms with Gasteiger partial charge in [0, 0.05) is 31.9 Å². The van der Waals surface area contributed by atoms with E-state index in [2.05, 4.69) is 15.0 Å². The first-order chi connectivity index (χ1) is 9.39. The van der Waals surface area contributed by atoms with Gasteiger partial charge in [0.15, 0.2) is 5.84 Å². The lowest BCUT2D eigenvalue weighted by Gasteiger charge is -2.37. The Kier molecular flexibility index (Phi) is 6.70. The summed E-state index contributed by atoms with van der Waals surface area (Å²) in [5, 5.41) is 11.7. The predicted molar refractivity (Wildman–Crippen MR) is 79.8 cm³/mol. The van der Waals surface area contributed by atoms with Gasteiger partial charge in [-0.2, -0.15) is 0 Å². The van der Waals surface area contributed by atoms with Gasteiger partial charge in [0.2, 0.25) is 0 Å². The van der Waals surface area contributed by atoms with Crippen LogP contribution in [0.4, 0.5) is 0 Å². The van der Waals surface area contributed by atoms with Crippen LogP contribution < -0.4 is 5.73 Å². The van der Waals surface area contributed by atoms with Gasteiger partial charge in [0.1, 0.15) is 9.84 Å². The summed E-state index contributed by atoms with van der Waals surface area (Å²) in [5.41, 5.74) is 5.60. The van der Waals surface area contributed by atoms with Crippen molar-refractivity contribution in [3.63, 3.8) is 0 Å². The van der Waals surface area contributed by atoms with E-state index in [9.17, 15) is 8.42 Å². The molecule has 1 aliphatic rings. The number of nitrogens with zero attached hydrogens (tertiary/aromatic N) is 3. The minimum Gasteiger partial charge on any atom is -0.409 e. The van der Waals surface area contributed by atoms with E-state index in [4.69, 9.17) is 10.9 Å². The number of hydrogen-bond acceptors (Lipinski definition) is 6. The van der Waals surface area contributed by atoms with Gasteiger partial charge in [0.05, 0.1) is 11.8 Å². The maximum absolute atomic E-state index is 11.4. The van der Waals surface area contributed by atoms with E-state index in [-0.39, 0.29) is 23.4 Å². The van der Waals surface area contributed by atoms with Crippen molar-refractivity contribution in [2.45, 2.75) is 26.3 Å². The maximum Gasteiger partial charge on any atom is 0.156 e. The van der Waals surface area contributed by atoms with Crippen LogP contribution in [0.15, 0.2) is 5.16 Å². The lowest BCUT2D eigenvalue weighted by Crippen LogP contribution is -2.53. The number of oxime groups is 1. The second-order valence-corrected chi connectivity index (χ2v) is 7.64. The molecule has 0 saturated carbocycles. The van der Waals surface area contributed by atoms with Crippen molar-refractivity contribution in [3.8, 4) is 0 Å². The molecule has 1 saturated heterocycles. The fourth-order valence-electron chi connectivity index (χ4n) is 2.30. The Hall–Kier alpha value is -0.860. The Bertz CT molecular complexity index is 416. The molecular weight excluding hydrogens is 280 g/mol. The van der Waals surface area contributed by atoms with E-state index in [1.165, 1.54) is 0 Å². The molecule has 1 aliphatic heterocycles. The summed E-state index contributed by atoms with van der Waals surface area (Å²) in [7, 11) is -2.86. The zero-order valence-electron chi connectivity index (χ0n) is 12.3. The first kappa shape index (κ1) is 17.2. The SMILES string of the molecule is CCS(=O)(=O)CCCN1CCN(C(C)C(N)=NO)CC1. The van der Waals surface area contributed by atoms with Crippen molar-refractivity contribution in [1.82, 2.24) is 9.80 Å². The van der Waals surface area contributed by atoms with E-state index >= 15 is 0 Å². The first-order valence-corrected chi connectivity index (χ1v) is 8.86. The van der Waals surface area contributed by atoms with Crippen LogP contribution in [0.1, 0.15) is 20.3 Å². The molecular formula is C12H26N4O3S. The number of rotatable bonds is 7. The third-order valence-electron chi connectivity index (χ3n) is 3.87. The molecule has 0 spiro atoms. The number of piperazine rings is 1. The quantitative estimate of drug-likeness (QED) is 0.286. The third-order valence-corrected chi connectivity index (χ3v) is 5.66. The standard InChI is InChI=1S/C12H26N4O3S/c1-3-20(18,19)10-4-5-15-6-8-16(9-7-15)11(2)12(13)14-17/h11,17H,3-10H2,1-2H3,(H2,13,14). The number of hydrogen-bond donors (Lipinski definition) is 2. The minimum absolute atomic E-state index is 0.0670. The number of amidine groups is 1. The zero-order chi connectivity index (χ0) is 15.2. The van der Waals surface area contributed by atoms with Crippen LogP contribution in [-0.2, 0) is 9.84 Å². The molecule has 0 radical (unpaired) electrons. The Morgan fingerprint density at radius 2 is 1.95 bits per heavy atom. The van der Waals surface area contributed by atoms with Crippen molar-refractivity contribution in [2.24, 2.45) is 10.9 Å². The zero-order valence-corrected chi connectivity index (χ0v) is 13.1. The lowest BCUT2D eigenvalue weighted by molar-refractivity contribution is 0.121. The monoisotopic (exact) mass is 306 g/mol. The summed E-state index contributed by atoms with van der Waals surface area (Å²) in [6.07, 6.45) is 0.686. The van der Waals surface area contributed by atoms with Gasteiger partial charge in [-0.05, 0) is 19.9 Å². The summed E-state index contributed by atoms with van der Waals surface area (Å²) < 4.78 is 22.8. The molecule has 0 aromatic heterocycles. The topological polar surface area (TPSA) is 99.2 Å². The summed E-state index contributed by atoms with van der Waals surface area (Å²) in [5.74, 6) is 0.718. The lowest BCUT2D eigenvalue weighted by atomic mass is 10.2. The Morgan fingerprint density at radius 1 is 1.35 bits per heavy atom. The van der Waals surface area contributed by atoms with Gasteiger partial charge in [-0.1, -0.05) is 12.1 Å². The molecule has 118 valence electrons. The van der Waals surface area contributed by atoms with E-state index in [1.54, 1.807) is 6.92 Å². The van der Waals surface area contributed by atoms with Crippen molar-refractivity contribution in [3.05, 3.63) is 0 Å². The fraction of sp³-hybridized carbons (Fsp3) is 0.917. The first-order valence-electron chi connectivity index (χ1n) is 7.04. The number of nitrogens with two attached hydrogens (primary N) is 1. The highest BCUT2D eigenvalue weighted by atomic mass is 32.2. The maximum atomic E-state index is 11.4. The van der Waals surface area contributed by atoms with Crippen molar-refractivity contribution in [1.29, 1.82) is 0 Å². The molecule has 0 amide bonds. The normalized spacial score (nSPS) is 21.0. The molecule has 1 heterocycles. The van der Waals surface area contributed by atoms with Crippen LogP contribution in [0.3, 0.4) is 0 Å². The summed E-state index contributed by atoms with van der Waals surface area (Å²) in [4.78, 5) is 4.43. The van der Waals surface area contributed by atoms with Crippen LogP contribution in [0.5, 0.6) is 0 Å². The van der Waals surface area contributed by atoms with Crippen LogP contribution in [0.2, 0.25) is 0 Å². The highest BCUT2D eigenvalue weighted by Crippen LogP contribution is 2.07. The summed E-state index contributed by atoms with van der Waals surface area (Å²) in [6.45, 7) is 7.87. The van der Waals surface area contributed by atoms with Gasteiger partial charge < -0.3 is 15.8 Å². The Morgan fingerprint density at radius 3 is 2.45 bits per heavy atom. The van der Waals surface area contributed by atoms with E-state index in [0.717, 1.165) is 32.7 Å². The van der Waals surface area contributed by atoms with Crippen molar-refractivity contribution in [2.75, 3.05) is 44.2 Å². The average Bonchev–Trinajstić information content (AvgIpc) is 2.46. The van der Waals surface area contributed by atoms with E-state index < -0.39 is 9.84 Å². The molecule has 1 atom stereocenters. The molecule has 1 fully saturated rings. The largest absolute Gasteiger partial charge is 0.409 e. The van der Waals surface area contributed by atoms with Crippen LogP contribution in [0, 0.1) is 0 Å². The van der Waals surface area contributed by atoms with Gasteiger partial charge in [-0.15, -0.1) is 0 Å². The third kappa shape index (κ3) is 5.26. The van der Waals surface area contributed by atoms with Crippen LogP contribution in [0.25, 0.3) is 0 Å². The smallest absolute Gasteiger partial charge is 0.156 e. The van der Waals surface area contributed by atoms with E-state index in [0.29, 0.717) is 6.42 Å². The fourth-order valence-corrected chi connectivity index (χ4v) is 3.15. The molecule has 0 aliphatic carbocycles. The molecule has 7 nitrogen and oxygen atoms in total. The average molecular weight is 306 g/mol. The van der Waals surface area contributed by atoms with Crippen LogP contribution in [-0.4, -0.2) is 79.5 Å². The van der Waals surface area contributed by atoms with Crippen molar-refractivity contribution < 1.29 is 13.6 Å². The van der Waals surface area contributed by atoms with E-state index in [1.807, 2.05) is 6.92 Å².